The fourth-order valence-corrected chi connectivity index (χ4v) is 3.30. The van der Waals surface area contributed by atoms with Crippen LogP contribution in [-0.4, -0.2) is 20.7 Å². The van der Waals surface area contributed by atoms with Gasteiger partial charge in [-0.3, -0.25) is 0 Å². The largest absolute Gasteiger partial charge is 0.462 e. The molecule has 1 saturated heterocycles. The average Bonchev–Trinajstić information content (AvgIpc) is 2.16. The van der Waals surface area contributed by atoms with Gasteiger partial charge in [0.05, 0.1) is 6.61 Å². The average molecular weight is 184 g/mol. The summed E-state index contributed by atoms with van der Waals surface area (Å²) in [5.41, 5.74) is 0.678. The third-order valence-electron chi connectivity index (χ3n) is 2.03. The number of esters is 1. The van der Waals surface area contributed by atoms with Crippen molar-refractivity contribution in [2.75, 3.05) is 6.61 Å². The molecule has 0 aliphatic carbocycles. The Kier molecular flexibility index (Phi) is 2.42. The Bertz CT molecular complexity index is 215. The second-order valence-corrected chi connectivity index (χ2v) is 10.1. The van der Waals surface area contributed by atoms with Crippen LogP contribution in [0.3, 0.4) is 0 Å². The zero-order chi connectivity index (χ0) is 9.35. The van der Waals surface area contributed by atoms with Crippen molar-refractivity contribution in [2.45, 2.75) is 25.7 Å². The van der Waals surface area contributed by atoms with E-state index < -0.39 is 8.07 Å². The molecule has 0 unspecified atom stereocenters. The molecule has 1 aliphatic rings. The monoisotopic (exact) mass is 184 g/mol. The highest BCUT2D eigenvalue weighted by molar-refractivity contribution is 6.76. The Morgan fingerprint density at radius 3 is 2.50 bits per heavy atom. The van der Waals surface area contributed by atoms with E-state index in [9.17, 15) is 4.79 Å². The molecule has 1 heterocycles. The molecule has 0 amide bonds. The minimum atomic E-state index is -1.09. The molecule has 12 heavy (non-hydrogen) atoms. The van der Waals surface area contributed by atoms with E-state index in [2.05, 4.69) is 26.2 Å². The lowest BCUT2D eigenvalue weighted by molar-refractivity contribution is -0.135. The molecule has 1 rings (SSSR count). The van der Waals surface area contributed by atoms with Gasteiger partial charge in [0.15, 0.2) is 0 Å². The van der Waals surface area contributed by atoms with Gasteiger partial charge < -0.3 is 4.74 Å². The van der Waals surface area contributed by atoms with Gasteiger partial charge in [-0.2, -0.15) is 0 Å². The first-order valence-electron chi connectivity index (χ1n) is 4.26. The molecule has 2 nitrogen and oxygen atoms in total. The van der Waals surface area contributed by atoms with Gasteiger partial charge in [0.1, 0.15) is 0 Å². The highest BCUT2D eigenvalue weighted by Crippen LogP contribution is 2.28. The summed E-state index contributed by atoms with van der Waals surface area (Å²) in [5, 5.41) is 0. The highest BCUT2D eigenvalue weighted by Gasteiger charge is 2.32. The lowest BCUT2D eigenvalue weighted by Crippen LogP contribution is -2.24. The van der Waals surface area contributed by atoms with Crippen LogP contribution in [0.15, 0.2) is 12.2 Å². The molecule has 68 valence electrons. The number of carbonyl (C=O) groups is 1. The lowest BCUT2D eigenvalue weighted by Gasteiger charge is -2.19. The number of rotatable bonds is 2. The van der Waals surface area contributed by atoms with Crippen LogP contribution >= 0.6 is 0 Å². The maximum atomic E-state index is 11.0. The number of hydrogen-bond acceptors (Lipinski definition) is 2. The van der Waals surface area contributed by atoms with Crippen LogP contribution in [-0.2, 0) is 9.53 Å². The van der Waals surface area contributed by atoms with E-state index in [1.165, 1.54) is 0 Å². The molecular formula is C9H16O2Si. The second kappa shape index (κ2) is 3.05. The molecular weight excluding hydrogens is 168 g/mol. The summed E-state index contributed by atoms with van der Waals surface area (Å²) in [6.07, 6.45) is 0. The van der Waals surface area contributed by atoms with Crippen LogP contribution in [0.25, 0.3) is 0 Å². The summed E-state index contributed by atoms with van der Waals surface area (Å²) in [7, 11) is -1.09. The molecule has 0 aromatic heterocycles. The molecule has 3 heteroatoms. The van der Waals surface area contributed by atoms with E-state index in [4.69, 9.17) is 4.74 Å². The minimum Gasteiger partial charge on any atom is -0.462 e. The maximum Gasteiger partial charge on any atom is 0.333 e. The molecule has 0 aromatic carbocycles. The number of ether oxygens (including phenoxy) is 1. The maximum absolute atomic E-state index is 11.0. The lowest BCUT2D eigenvalue weighted by atomic mass is 10.1. The van der Waals surface area contributed by atoms with Crippen LogP contribution in [0.1, 0.15) is 0 Å². The first-order chi connectivity index (χ1) is 5.40. The fraction of sp³-hybridized carbons (Fsp3) is 0.667. The van der Waals surface area contributed by atoms with Crippen LogP contribution in [0.5, 0.6) is 0 Å². The van der Waals surface area contributed by atoms with Crippen molar-refractivity contribution >= 4 is 14.0 Å². The normalized spacial score (nSPS) is 24.4. The van der Waals surface area contributed by atoms with E-state index in [1.54, 1.807) is 0 Å². The summed E-state index contributed by atoms with van der Waals surface area (Å²) >= 11 is 0. The quantitative estimate of drug-likeness (QED) is 0.373. The first kappa shape index (κ1) is 9.51. The van der Waals surface area contributed by atoms with Crippen molar-refractivity contribution in [1.29, 1.82) is 0 Å². The van der Waals surface area contributed by atoms with Crippen molar-refractivity contribution in [3.63, 3.8) is 0 Å². The molecule has 0 bridgehead atoms. The van der Waals surface area contributed by atoms with Gasteiger partial charge in [-0.15, -0.1) is 0 Å². The molecule has 1 atom stereocenters. The van der Waals surface area contributed by atoms with Crippen LogP contribution in [0.2, 0.25) is 25.7 Å². The standard InChI is InChI=1S/C9H16O2Si/c1-7-8(5-11-9(7)10)6-12(2,3)4/h8H,1,5-6H2,2-4H3/t8-/m0/s1. The summed E-state index contributed by atoms with van der Waals surface area (Å²) in [4.78, 5) is 11.0. The molecule has 1 fully saturated rings. The Morgan fingerprint density at radius 2 is 2.17 bits per heavy atom. The Balaban J connectivity index is 2.56. The zero-order valence-electron chi connectivity index (χ0n) is 8.02. The summed E-state index contributed by atoms with van der Waals surface area (Å²) in [6.45, 7) is 11.2. The minimum absolute atomic E-state index is 0.196. The van der Waals surface area contributed by atoms with Gasteiger partial charge in [0.2, 0.25) is 0 Å². The van der Waals surface area contributed by atoms with Gasteiger partial charge in [0, 0.05) is 19.6 Å². The van der Waals surface area contributed by atoms with Crippen molar-refractivity contribution in [3.8, 4) is 0 Å². The predicted molar refractivity (Wildman–Crippen MR) is 51.7 cm³/mol. The first-order valence-corrected chi connectivity index (χ1v) is 7.97. The summed E-state index contributed by atoms with van der Waals surface area (Å²) in [5.74, 6) is 0.0995. The number of cyclic esters (lactones) is 1. The van der Waals surface area contributed by atoms with Gasteiger partial charge >= 0.3 is 5.97 Å². The van der Waals surface area contributed by atoms with Crippen LogP contribution in [0, 0.1) is 5.92 Å². The van der Waals surface area contributed by atoms with E-state index in [0.29, 0.717) is 18.1 Å². The fourth-order valence-electron chi connectivity index (χ4n) is 1.46. The summed E-state index contributed by atoms with van der Waals surface area (Å²) < 4.78 is 4.91. The predicted octanol–water partition coefficient (Wildman–Crippen LogP) is 2.05. The number of hydrogen-bond donors (Lipinski definition) is 0. The molecule has 0 N–H and O–H groups in total. The molecule has 0 radical (unpaired) electrons. The molecule has 0 spiro atoms. The third-order valence-corrected chi connectivity index (χ3v) is 3.75. The van der Waals surface area contributed by atoms with Gasteiger partial charge in [-0.1, -0.05) is 26.2 Å². The summed E-state index contributed by atoms with van der Waals surface area (Å²) in [6, 6.07) is 1.11. The number of carbonyl (C=O) groups excluding carboxylic acids is 1. The zero-order valence-corrected chi connectivity index (χ0v) is 9.02. The van der Waals surface area contributed by atoms with Crippen molar-refractivity contribution < 1.29 is 9.53 Å². The van der Waals surface area contributed by atoms with Crippen molar-refractivity contribution in [3.05, 3.63) is 12.2 Å². The van der Waals surface area contributed by atoms with Gasteiger partial charge in [0.25, 0.3) is 0 Å². The van der Waals surface area contributed by atoms with E-state index in [-0.39, 0.29) is 5.97 Å². The molecule has 0 saturated carbocycles. The van der Waals surface area contributed by atoms with Crippen molar-refractivity contribution in [1.82, 2.24) is 0 Å². The van der Waals surface area contributed by atoms with Gasteiger partial charge in [-0.05, 0) is 6.04 Å². The Morgan fingerprint density at radius 1 is 1.58 bits per heavy atom. The molecule has 1 aliphatic heterocycles. The topological polar surface area (TPSA) is 26.3 Å². The Labute approximate surface area is 74.6 Å². The van der Waals surface area contributed by atoms with E-state index >= 15 is 0 Å². The molecule has 0 aromatic rings. The Hall–Kier alpha value is -0.573. The highest BCUT2D eigenvalue weighted by atomic mass is 28.3. The van der Waals surface area contributed by atoms with E-state index in [0.717, 1.165) is 6.04 Å². The van der Waals surface area contributed by atoms with Gasteiger partial charge in [-0.25, -0.2) is 4.79 Å². The van der Waals surface area contributed by atoms with E-state index in [1.807, 2.05) is 0 Å². The van der Waals surface area contributed by atoms with Crippen LogP contribution in [0.4, 0.5) is 0 Å². The smallest absolute Gasteiger partial charge is 0.333 e. The van der Waals surface area contributed by atoms with Crippen LogP contribution < -0.4 is 0 Å². The third kappa shape index (κ3) is 2.20. The SMILES string of the molecule is C=C1C(=O)OC[C@H]1C[Si](C)(C)C. The second-order valence-electron chi connectivity index (χ2n) is 4.59. The van der Waals surface area contributed by atoms with Crippen molar-refractivity contribution in [2.24, 2.45) is 5.92 Å².